The van der Waals surface area contributed by atoms with Crippen LogP contribution in [0.2, 0.25) is 18.1 Å². The summed E-state index contributed by atoms with van der Waals surface area (Å²) in [6, 6.07) is 14.7. The Morgan fingerprint density at radius 3 is 1.61 bits per heavy atom. The van der Waals surface area contributed by atoms with Gasteiger partial charge in [0.05, 0.1) is 13.2 Å². The van der Waals surface area contributed by atoms with Crippen molar-refractivity contribution in [2.45, 2.75) is 103 Å². The Morgan fingerprint density at radius 1 is 0.711 bits per heavy atom. The van der Waals surface area contributed by atoms with Crippen LogP contribution in [0.5, 0.6) is 11.5 Å². The largest absolute Gasteiger partial charge is 0.494 e. The molecule has 0 spiro atoms. The molecule has 38 heavy (non-hydrogen) atoms. The molecule has 0 radical (unpaired) electrons. The minimum atomic E-state index is -1.79. The van der Waals surface area contributed by atoms with Crippen molar-refractivity contribution in [1.29, 1.82) is 0 Å². The lowest BCUT2D eigenvalue weighted by atomic mass is 9.87. The van der Waals surface area contributed by atoms with Crippen LogP contribution < -0.4 is 9.47 Å². The van der Waals surface area contributed by atoms with Gasteiger partial charge in [-0.05, 0) is 48.8 Å². The first kappa shape index (κ1) is 32.0. The van der Waals surface area contributed by atoms with Crippen LogP contribution in [0.3, 0.4) is 0 Å². The third kappa shape index (κ3) is 9.80. The minimum absolute atomic E-state index is 0.173. The third-order valence-corrected chi connectivity index (χ3v) is 12.2. The predicted molar refractivity (Wildman–Crippen MR) is 161 cm³/mol. The van der Waals surface area contributed by atoms with Crippen LogP contribution in [0, 0.1) is 12.3 Å². The van der Waals surface area contributed by atoms with Crippen LogP contribution in [-0.4, -0.2) is 33.2 Å². The molecule has 0 aliphatic heterocycles. The third-order valence-electron chi connectivity index (χ3n) is 7.64. The van der Waals surface area contributed by atoms with Gasteiger partial charge in [0, 0.05) is 11.1 Å². The number of terminal acetylenes is 1. The Balaban J connectivity index is 1.83. The fraction of sp³-hybridized carbons (Fsp3) is 0.576. The van der Waals surface area contributed by atoms with Crippen molar-refractivity contribution in [1.82, 2.24) is 0 Å². The smallest absolute Gasteiger partial charge is 0.192 e. The van der Waals surface area contributed by atoms with Crippen LogP contribution >= 0.6 is 0 Å². The Bertz CT molecular complexity index is 970. The highest BCUT2D eigenvalue weighted by Crippen LogP contribution is 2.36. The van der Waals surface area contributed by atoms with Crippen molar-refractivity contribution in [2.24, 2.45) is 0 Å². The molecule has 1 atom stereocenters. The second-order valence-electron chi connectivity index (χ2n) is 11.7. The summed E-state index contributed by atoms with van der Waals surface area (Å²) >= 11 is 0. The number of ether oxygens (including phenoxy) is 2. The molecule has 0 aliphatic carbocycles. The Hall–Kier alpha value is -2.26. The number of benzene rings is 2. The summed E-state index contributed by atoms with van der Waals surface area (Å²) in [4.78, 5) is 0. The van der Waals surface area contributed by atoms with Gasteiger partial charge in [-0.2, -0.15) is 0 Å². The summed E-state index contributed by atoms with van der Waals surface area (Å²) < 4.78 is 17.9. The zero-order valence-electron chi connectivity index (χ0n) is 24.6. The van der Waals surface area contributed by atoms with Gasteiger partial charge < -0.3 is 19.0 Å². The maximum Gasteiger partial charge on any atom is 0.192 e. The topological polar surface area (TPSA) is 47.9 Å². The molecule has 1 unspecified atom stereocenters. The van der Waals surface area contributed by atoms with Gasteiger partial charge in [0.25, 0.3) is 0 Å². The normalized spacial score (nSPS) is 13.5. The Morgan fingerprint density at radius 2 is 1.16 bits per heavy atom. The Labute approximate surface area is 233 Å². The fourth-order valence-corrected chi connectivity index (χ4v) is 5.04. The van der Waals surface area contributed by atoms with Gasteiger partial charge in [-0.3, -0.25) is 0 Å². The van der Waals surface area contributed by atoms with E-state index in [1.807, 2.05) is 48.5 Å². The van der Waals surface area contributed by atoms with E-state index >= 15 is 0 Å². The molecule has 1 N–H and O–H groups in total. The van der Waals surface area contributed by atoms with Gasteiger partial charge in [0.1, 0.15) is 18.1 Å². The molecule has 0 saturated heterocycles. The van der Waals surface area contributed by atoms with E-state index in [9.17, 15) is 5.11 Å². The fourth-order valence-electron chi connectivity index (χ4n) is 4.02. The second-order valence-corrected chi connectivity index (χ2v) is 16.5. The second kappa shape index (κ2) is 15.4. The first-order valence-corrected chi connectivity index (χ1v) is 17.2. The standard InChI is InChI=1S/C33H50O4Si/c1-8-10-11-12-13-14-15-16-25-35-30-21-17-28(18-22-30)33(34,9-2)29-19-23-31(24-20-29)36-26-27-37-38(6,7)32(3,4)5/h2,17-24,34H,8,10-16,25-27H2,1,3-7H3. The van der Waals surface area contributed by atoms with E-state index in [2.05, 4.69) is 46.7 Å². The molecule has 4 nitrogen and oxygen atoms in total. The highest BCUT2D eigenvalue weighted by molar-refractivity contribution is 6.74. The van der Waals surface area contributed by atoms with Crippen molar-refractivity contribution in [2.75, 3.05) is 19.8 Å². The van der Waals surface area contributed by atoms with Crippen LogP contribution in [0.1, 0.15) is 90.2 Å². The molecule has 2 rings (SSSR count). The van der Waals surface area contributed by atoms with Gasteiger partial charge in [-0.15, -0.1) is 6.42 Å². The summed E-state index contributed by atoms with van der Waals surface area (Å²) in [6.07, 6.45) is 16.0. The molecule has 0 saturated carbocycles. The molecular formula is C33H50O4Si. The monoisotopic (exact) mass is 538 g/mol. The van der Waals surface area contributed by atoms with Crippen molar-refractivity contribution in [3.05, 3.63) is 59.7 Å². The first-order chi connectivity index (χ1) is 18.0. The zero-order chi connectivity index (χ0) is 28.1. The van der Waals surface area contributed by atoms with E-state index in [1.165, 1.54) is 44.9 Å². The molecule has 0 heterocycles. The quantitative estimate of drug-likeness (QED) is 0.125. The first-order valence-electron chi connectivity index (χ1n) is 14.3. The zero-order valence-corrected chi connectivity index (χ0v) is 25.6. The maximum absolute atomic E-state index is 11.3. The van der Waals surface area contributed by atoms with Crippen molar-refractivity contribution >= 4 is 8.32 Å². The van der Waals surface area contributed by atoms with Crippen molar-refractivity contribution in [3.63, 3.8) is 0 Å². The van der Waals surface area contributed by atoms with Gasteiger partial charge in [-0.25, -0.2) is 0 Å². The molecule has 2 aromatic carbocycles. The van der Waals surface area contributed by atoms with Crippen LogP contribution in [-0.2, 0) is 10.0 Å². The molecule has 5 heteroatoms. The maximum atomic E-state index is 11.3. The highest BCUT2D eigenvalue weighted by atomic mass is 28.4. The molecule has 0 amide bonds. The van der Waals surface area contributed by atoms with E-state index < -0.39 is 13.9 Å². The molecular weight excluding hydrogens is 488 g/mol. The van der Waals surface area contributed by atoms with Crippen LogP contribution in [0.15, 0.2) is 48.5 Å². The average Bonchev–Trinajstić information content (AvgIpc) is 2.90. The van der Waals surface area contributed by atoms with Crippen LogP contribution in [0.4, 0.5) is 0 Å². The molecule has 0 aromatic heterocycles. The lowest BCUT2D eigenvalue weighted by molar-refractivity contribution is 0.145. The number of hydrogen-bond donors (Lipinski definition) is 1. The molecule has 0 fully saturated rings. The number of unbranched alkanes of at least 4 members (excludes halogenated alkanes) is 7. The number of aliphatic hydroxyl groups is 1. The summed E-state index contributed by atoms with van der Waals surface area (Å²) in [6.45, 7) is 15.1. The average molecular weight is 539 g/mol. The van der Waals surface area contributed by atoms with Gasteiger partial charge in [0.15, 0.2) is 13.9 Å². The van der Waals surface area contributed by atoms with Crippen LogP contribution in [0.25, 0.3) is 0 Å². The highest BCUT2D eigenvalue weighted by Gasteiger charge is 2.37. The number of rotatable bonds is 17. The van der Waals surface area contributed by atoms with E-state index in [4.69, 9.17) is 20.3 Å². The van der Waals surface area contributed by atoms with E-state index in [0.717, 1.165) is 17.9 Å². The number of hydrogen-bond acceptors (Lipinski definition) is 4. The summed E-state index contributed by atoms with van der Waals surface area (Å²) in [7, 11) is -1.79. The molecule has 0 bridgehead atoms. The SMILES string of the molecule is C#CC(O)(c1ccc(OCCCCCCCCCC)cc1)c1ccc(OCCO[Si](C)(C)C(C)(C)C)cc1. The molecule has 2 aromatic rings. The van der Waals surface area contributed by atoms with Gasteiger partial charge in [-0.1, -0.05) is 103 Å². The molecule has 210 valence electrons. The Kier molecular flexibility index (Phi) is 12.9. The summed E-state index contributed by atoms with van der Waals surface area (Å²) in [5.74, 6) is 4.09. The minimum Gasteiger partial charge on any atom is -0.494 e. The van der Waals surface area contributed by atoms with E-state index in [1.54, 1.807) is 0 Å². The predicted octanol–water partition coefficient (Wildman–Crippen LogP) is 8.48. The lowest BCUT2D eigenvalue weighted by Gasteiger charge is -2.36. The summed E-state index contributed by atoms with van der Waals surface area (Å²) in [5, 5.41) is 11.5. The molecule has 0 aliphatic rings. The van der Waals surface area contributed by atoms with E-state index in [-0.39, 0.29) is 5.04 Å². The van der Waals surface area contributed by atoms with Gasteiger partial charge in [0.2, 0.25) is 0 Å². The summed E-state index contributed by atoms with van der Waals surface area (Å²) in [5.41, 5.74) is -0.270. The lowest BCUT2D eigenvalue weighted by Crippen LogP contribution is -2.41. The van der Waals surface area contributed by atoms with E-state index in [0.29, 0.717) is 30.9 Å². The van der Waals surface area contributed by atoms with Gasteiger partial charge >= 0.3 is 0 Å². The van der Waals surface area contributed by atoms with Crippen molar-refractivity contribution in [3.8, 4) is 23.8 Å². The van der Waals surface area contributed by atoms with Crippen molar-refractivity contribution < 1.29 is 19.0 Å².